The Kier molecular flexibility index (Phi) is 5.03. The molecule has 0 amide bonds. The van der Waals surface area contributed by atoms with E-state index >= 15 is 0 Å². The number of hydrogen-bond donors (Lipinski definition) is 0. The number of hydrogen-bond acceptors (Lipinski definition) is 1. The predicted molar refractivity (Wildman–Crippen MR) is 79.5 cm³/mol. The molecule has 20 heavy (non-hydrogen) atoms. The molecule has 0 saturated carbocycles. The summed E-state index contributed by atoms with van der Waals surface area (Å²) in [7, 11) is 0. The number of rotatable bonds is 3. The fourth-order valence-electron chi connectivity index (χ4n) is 1.82. The van der Waals surface area contributed by atoms with E-state index in [1.165, 1.54) is 17.7 Å². The third-order valence-electron chi connectivity index (χ3n) is 2.66. The molecule has 0 fully saturated rings. The second kappa shape index (κ2) is 6.98. The Morgan fingerprint density at radius 1 is 1.20 bits per heavy atom. The fraction of sp³-hybridized carbons (Fsp3) is 0.176. The summed E-state index contributed by atoms with van der Waals surface area (Å²) in [5.74, 6) is 5.79. The van der Waals surface area contributed by atoms with E-state index in [0.717, 1.165) is 5.56 Å². The average Bonchev–Trinajstić information content (AvgIpc) is 2.42. The molecule has 0 N–H and O–H groups in total. The van der Waals surface area contributed by atoms with Gasteiger partial charge in [0, 0.05) is 11.6 Å². The van der Waals surface area contributed by atoms with Gasteiger partial charge in [0.05, 0.1) is 5.88 Å². The van der Waals surface area contributed by atoms with Crippen LogP contribution in [-0.4, -0.2) is 5.88 Å². The molecule has 0 heterocycles. The van der Waals surface area contributed by atoms with E-state index in [0.29, 0.717) is 17.9 Å². The van der Waals surface area contributed by atoms with Crippen LogP contribution in [0.15, 0.2) is 42.5 Å². The Hall–Kier alpha value is -1.98. The molecular weight excluding hydrogens is 275 g/mol. The maximum atomic E-state index is 13.5. The molecule has 0 atom stereocenters. The first-order chi connectivity index (χ1) is 9.67. The monoisotopic (exact) mass is 288 g/mol. The highest BCUT2D eigenvalue weighted by Crippen LogP contribution is 2.17. The van der Waals surface area contributed by atoms with Crippen molar-refractivity contribution in [3.05, 3.63) is 65.0 Å². The van der Waals surface area contributed by atoms with Crippen molar-refractivity contribution in [3.63, 3.8) is 0 Å². The van der Waals surface area contributed by atoms with Crippen LogP contribution in [0, 0.1) is 24.6 Å². The summed E-state index contributed by atoms with van der Waals surface area (Å²) in [6, 6.07) is 12.4. The topological polar surface area (TPSA) is 9.23 Å². The van der Waals surface area contributed by atoms with Gasteiger partial charge in [-0.05, 0) is 24.6 Å². The third kappa shape index (κ3) is 4.29. The molecule has 1 nitrogen and oxygen atoms in total. The lowest BCUT2D eigenvalue weighted by molar-refractivity contribution is 0.304. The molecule has 102 valence electrons. The zero-order chi connectivity index (χ0) is 14.4. The van der Waals surface area contributed by atoms with Crippen LogP contribution in [0.1, 0.15) is 16.7 Å². The molecule has 2 aromatic carbocycles. The van der Waals surface area contributed by atoms with E-state index in [4.69, 9.17) is 16.3 Å². The highest BCUT2D eigenvalue weighted by molar-refractivity contribution is 6.19. The van der Waals surface area contributed by atoms with Gasteiger partial charge in [-0.3, -0.25) is 0 Å². The second-order valence-corrected chi connectivity index (χ2v) is 4.66. The molecule has 0 aliphatic heterocycles. The van der Waals surface area contributed by atoms with Gasteiger partial charge in [-0.1, -0.05) is 41.7 Å². The molecule has 0 saturated heterocycles. The van der Waals surface area contributed by atoms with Crippen LogP contribution in [0.3, 0.4) is 0 Å². The maximum absolute atomic E-state index is 13.5. The van der Waals surface area contributed by atoms with Crippen LogP contribution in [0.5, 0.6) is 5.75 Å². The molecule has 0 aliphatic carbocycles. The third-order valence-corrected chi connectivity index (χ3v) is 2.79. The Balaban J connectivity index is 2.11. The molecule has 0 unspecified atom stereocenters. The minimum Gasteiger partial charge on any atom is -0.489 e. The molecule has 0 aliphatic rings. The molecule has 0 aromatic heterocycles. The summed E-state index contributed by atoms with van der Waals surface area (Å²) in [5, 5.41) is 0. The number of ether oxygens (including phenoxy) is 1. The van der Waals surface area contributed by atoms with Crippen molar-refractivity contribution in [1.29, 1.82) is 0 Å². The van der Waals surface area contributed by atoms with E-state index < -0.39 is 0 Å². The van der Waals surface area contributed by atoms with Crippen LogP contribution < -0.4 is 4.74 Å². The molecular formula is C17H14ClFO. The molecule has 0 radical (unpaired) electrons. The number of benzene rings is 2. The number of halogens is 2. The predicted octanol–water partition coefficient (Wildman–Crippen LogP) is 4.30. The van der Waals surface area contributed by atoms with Gasteiger partial charge in [-0.15, -0.1) is 11.6 Å². The van der Waals surface area contributed by atoms with Crippen molar-refractivity contribution in [3.8, 4) is 17.6 Å². The fourth-order valence-corrected chi connectivity index (χ4v) is 1.89. The van der Waals surface area contributed by atoms with Gasteiger partial charge in [0.2, 0.25) is 0 Å². The van der Waals surface area contributed by atoms with E-state index in [2.05, 4.69) is 11.8 Å². The quantitative estimate of drug-likeness (QED) is 0.604. The smallest absolute Gasteiger partial charge is 0.128 e. The highest BCUT2D eigenvalue weighted by Gasteiger charge is 2.01. The van der Waals surface area contributed by atoms with Gasteiger partial charge in [0.1, 0.15) is 18.2 Å². The van der Waals surface area contributed by atoms with E-state index in [9.17, 15) is 4.39 Å². The van der Waals surface area contributed by atoms with Crippen LogP contribution >= 0.6 is 11.6 Å². The minimum absolute atomic E-state index is 0.218. The van der Waals surface area contributed by atoms with Crippen molar-refractivity contribution in [2.24, 2.45) is 0 Å². The van der Waals surface area contributed by atoms with Crippen molar-refractivity contribution in [2.45, 2.75) is 13.5 Å². The lowest BCUT2D eigenvalue weighted by Crippen LogP contribution is -1.96. The normalized spacial score (nSPS) is 9.75. The van der Waals surface area contributed by atoms with Crippen LogP contribution in [0.2, 0.25) is 0 Å². The summed E-state index contributed by atoms with van der Waals surface area (Å²) in [6.07, 6.45) is 0. The van der Waals surface area contributed by atoms with Crippen LogP contribution in [-0.2, 0) is 6.61 Å². The lowest BCUT2D eigenvalue weighted by Gasteiger charge is -2.07. The van der Waals surface area contributed by atoms with Gasteiger partial charge >= 0.3 is 0 Å². The first-order valence-electron chi connectivity index (χ1n) is 6.21. The van der Waals surface area contributed by atoms with Crippen molar-refractivity contribution in [2.75, 3.05) is 5.88 Å². The summed E-state index contributed by atoms with van der Waals surface area (Å²) in [4.78, 5) is 0. The Morgan fingerprint density at radius 3 is 2.80 bits per heavy atom. The van der Waals surface area contributed by atoms with E-state index in [1.807, 2.05) is 31.2 Å². The average molecular weight is 289 g/mol. The van der Waals surface area contributed by atoms with Gasteiger partial charge in [-0.25, -0.2) is 4.39 Å². The summed E-state index contributed by atoms with van der Waals surface area (Å²) < 4.78 is 19.1. The highest BCUT2D eigenvalue weighted by atomic mass is 35.5. The SMILES string of the molecule is Cc1cccc(COc2cc(F)cc(C#CCCl)c2)c1. The number of alkyl halides is 1. The number of aryl methyl sites for hydroxylation is 1. The van der Waals surface area contributed by atoms with Crippen molar-refractivity contribution >= 4 is 11.6 Å². The Labute approximate surface area is 123 Å². The lowest BCUT2D eigenvalue weighted by atomic mass is 10.1. The van der Waals surface area contributed by atoms with E-state index in [1.54, 1.807) is 6.07 Å². The zero-order valence-corrected chi connectivity index (χ0v) is 11.9. The van der Waals surface area contributed by atoms with E-state index in [-0.39, 0.29) is 11.7 Å². The van der Waals surface area contributed by atoms with Crippen LogP contribution in [0.4, 0.5) is 4.39 Å². The molecule has 2 aromatic rings. The first kappa shape index (κ1) is 14.4. The van der Waals surface area contributed by atoms with Crippen molar-refractivity contribution < 1.29 is 9.13 Å². The molecule has 0 bridgehead atoms. The largest absolute Gasteiger partial charge is 0.489 e. The Bertz CT molecular complexity index is 656. The van der Waals surface area contributed by atoms with Gasteiger partial charge in [-0.2, -0.15) is 0 Å². The standard InChI is InChI=1S/C17H14ClFO/c1-13-4-2-5-15(8-13)12-20-17-10-14(6-3-7-18)9-16(19)11-17/h2,4-5,8-11H,7,12H2,1H3. The summed E-state index contributed by atoms with van der Waals surface area (Å²) in [5.41, 5.74) is 2.77. The van der Waals surface area contributed by atoms with Crippen LogP contribution in [0.25, 0.3) is 0 Å². The Morgan fingerprint density at radius 2 is 2.05 bits per heavy atom. The van der Waals surface area contributed by atoms with Crippen molar-refractivity contribution in [1.82, 2.24) is 0 Å². The van der Waals surface area contributed by atoms with Gasteiger partial charge < -0.3 is 4.74 Å². The first-order valence-corrected chi connectivity index (χ1v) is 6.74. The second-order valence-electron chi connectivity index (χ2n) is 4.39. The zero-order valence-electron chi connectivity index (χ0n) is 11.1. The minimum atomic E-state index is -0.370. The molecule has 2 rings (SSSR count). The molecule has 3 heteroatoms. The summed E-state index contributed by atoms with van der Waals surface area (Å²) in [6.45, 7) is 2.42. The summed E-state index contributed by atoms with van der Waals surface area (Å²) >= 11 is 5.49. The maximum Gasteiger partial charge on any atom is 0.128 e. The van der Waals surface area contributed by atoms with Gasteiger partial charge in [0.15, 0.2) is 0 Å². The molecule has 0 spiro atoms. The van der Waals surface area contributed by atoms with Gasteiger partial charge in [0.25, 0.3) is 0 Å².